The van der Waals surface area contributed by atoms with E-state index >= 15 is 0 Å². The van der Waals surface area contributed by atoms with Gasteiger partial charge in [-0.15, -0.1) is 0 Å². The minimum atomic E-state index is -0.0316. The van der Waals surface area contributed by atoms with Gasteiger partial charge in [0.15, 0.2) is 0 Å². The standard InChI is InChI=1S/C22H23N7O2/c1-14(15-4-6-16(7-5-15)17-8-24-22(23)25-9-17)21-27-19(13-31-21)18-10-26-29(11-18)12-20(30)28(2)3/h4-11,13-14H,12H2,1-3H3,(H2,23,24,25). The highest BCUT2D eigenvalue weighted by Gasteiger charge is 2.17. The lowest BCUT2D eigenvalue weighted by atomic mass is 9.98. The second-order valence-electron chi connectivity index (χ2n) is 7.46. The van der Waals surface area contributed by atoms with Crippen LogP contribution in [0.15, 0.2) is 59.7 Å². The molecule has 3 aromatic heterocycles. The molecule has 0 bridgehead atoms. The summed E-state index contributed by atoms with van der Waals surface area (Å²) in [4.78, 5) is 26.1. The number of nitrogens with zero attached hydrogens (tertiary/aromatic N) is 6. The van der Waals surface area contributed by atoms with Crippen LogP contribution in [-0.2, 0) is 11.3 Å². The summed E-state index contributed by atoms with van der Waals surface area (Å²) < 4.78 is 7.33. The molecule has 1 amide bonds. The summed E-state index contributed by atoms with van der Waals surface area (Å²) in [5.74, 6) is 0.799. The van der Waals surface area contributed by atoms with E-state index in [0.717, 1.165) is 22.3 Å². The number of rotatable bonds is 6. The summed E-state index contributed by atoms with van der Waals surface area (Å²) in [5, 5.41) is 4.24. The van der Waals surface area contributed by atoms with E-state index in [1.807, 2.05) is 31.2 Å². The number of oxazole rings is 1. The maximum Gasteiger partial charge on any atom is 0.243 e. The van der Waals surface area contributed by atoms with E-state index in [4.69, 9.17) is 10.2 Å². The van der Waals surface area contributed by atoms with E-state index in [9.17, 15) is 4.79 Å². The maximum absolute atomic E-state index is 11.9. The van der Waals surface area contributed by atoms with Crippen molar-refractivity contribution >= 4 is 11.9 Å². The zero-order chi connectivity index (χ0) is 22.0. The molecule has 0 aliphatic heterocycles. The quantitative estimate of drug-likeness (QED) is 0.513. The van der Waals surface area contributed by atoms with Crippen molar-refractivity contribution < 1.29 is 9.21 Å². The van der Waals surface area contributed by atoms with Gasteiger partial charge in [0.1, 0.15) is 18.5 Å². The Kier molecular flexibility index (Phi) is 5.48. The summed E-state index contributed by atoms with van der Waals surface area (Å²) in [6, 6.07) is 8.09. The van der Waals surface area contributed by atoms with Gasteiger partial charge in [0.25, 0.3) is 0 Å². The monoisotopic (exact) mass is 417 g/mol. The molecule has 9 heteroatoms. The molecule has 158 valence electrons. The fourth-order valence-corrected chi connectivity index (χ4v) is 3.08. The molecule has 1 aromatic carbocycles. The highest BCUT2D eigenvalue weighted by Crippen LogP contribution is 2.28. The molecule has 0 radical (unpaired) electrons. The number of nitrogen functional groups attached to an aromatic ring is 1. The van der Waals surface area contributed by atoms with E-state index in [0.29, 0.717) is 11.6 Å². The summed E-state index contributed by atoms with van der Waals surface area (Å²) in [6.07, 6.45) is 8.48. The first-order valence-corrected chi connectivity index (χ1v) is 9.77. The number of likely N-dealkylation sites (N-methyl/N-ethyl adjacent to an activating group) is 1. The molecule has 2 N–H and O–H groups in total. The lowest BCUT2D eigenvalue weighted by Crippen LogP contribution is -2.26. The van der Waals surface area contributed by atoms with Crippen molar-refractivity contribution in [3.8, 4) is 22.4 Å². The Bertz CT molecular complexity index is 1180. The Balaban J connectivity index is 1.48. The van der Waals surface area contributed by atoms with Gasteiger partial charge in [-0.25, -0.2) is 15.0 Å². The first kappa shape index (κ1) is 20.3. The zero-order valence-electron chi connectivity index (χ0n) is 17.6. The summed E-state index contributed by atoms with van der Waals surface area (Å²) in [6.45, 7) is 2.22. The van der Waals surface area contributed by atoms with Crippen LogP contribution in [0.5, 0.6) is 0 Å². The molecular weight excluding hydrogens is 394 g/mol. The largest absolute Gasteiger partial charge is 0.448 e. The van der Waals surface area contributed by atoms with Crippen molar-refractivity contribution in [3.63, 3.8) is 0 Å². The third kappa shape index (κ3) is 4.45. The fourth-order valence-electron chi connectivity index (χ4n) is 3.08. The van der Waals surface area contributed by atoms with Crippen molar-refractivity contribution in [1.82, 2.24) is 29.6 Å². The second kappa shape index (κ2) is 8.39. The molecule has 4 aromatic rings. The van der Waals surface area contributed by atoms with Crippen LogP contribution in [0.4, 0.5) is 5.95 Å². The predicted molar refractivity (Wildman–Crippen MR) is 116 cm³/mol. The van der Waals surface area contributed by atoms with Gasteiger partial charge >= 0.3 is 0 Å². The minimum Gasteiger partial charge on any atom is -0.448 e. The average Bonchev–Trinajstić information content (AvgIpc) is 3.43. The fraction of sp³-hybridized carbons (Fsp3) is 0.227. The van der Waals surface area contributed by atoms with E-state index in [1.54, 1.807) is 49.8 Å². The number of aromatic nitrogens is 5. The van der Waals surface area contributed by atoms with E-state index < -0.39 is 0 Å². The molecule has 0 saturated heterocycles. The molecule has 0 saturated carbocycles. The summed E-state index contributed by atoms with van der Waals surface area (Å²) in [7, 11) is 3.43. The van der Waals surface area contributed by atoms with Crippen LogP contribution in [0.25, 0.3) is 22.4 Å². The minimum absolute atomic E-state index is 0.0295. The zero-order valence-corrected chi connectivity index (χ0v) is 17.6. The molecule has 1 atom stereocenters. The number of carbonyl (C=O) groups excluding carboxylic acids is 1. The van der Waals surface area contributed by atoms with Gasteiger partial charge < -0.3 is 15.1 Å². The predicted octanol–water partition coefficient (Wildman–Crippen LogP) is 2.82. The molecule has 3 heterocycles. The van der Waals surface area contributed by atoms with Gasteiger partial charge in [-0.05, 0) is 18.1 Å². The van der Waals surface area contributed by atoms with Gasteiger partial charge in [0, 0.05) is 43.8 Å². The average molecular weight is 417 g/mol. The number of benzene rings is 1. The highest BCUT2D eigenvalue weighted by atomic mass is 16.3. The molecule has 4 rings (SSSR count). The Morgan fingerprint density at radius 1 is 1.10 bits per heavy atom. The first-order chi connectivity index (χ1) is 14.9. The maximum atomic E-state index is 11.9. The molecular formula is C22H23N7O2. The molecule has 31 heavy (non-hydrogen) atoms. The number of carbonyl (C=O) groups is 1. The smallest absolute Gasteiger partial charge is 0.243 e. The topological polar surface area (TPSA) is 116 Å². The van der Waals surface area contributed by atoms with Crippen molar-refractivity contribution in [2.75, 3.05) is 19.8 Å². The van der Waals surface area contributed by atoms with Crippen LogP contribution in [0.2, 0.25) is 0 Å². The van der Waals surface area contributed by atoms with E-state index in [2.05, 4.69) is 20.1 Å². The Morgan fingerprint density at radius 3 is 2.48 bits per heavy atom. The van der Waals surface area contributed by atoms with Crippen LogP contribution < -0.4 is 5.73 Å². The third-order valence-electron chi connectivity index (χ3n) is 5.03. The Labute approximate surface area is 179 Å². The SMILES string of the molecule is CC(c1ccc(-c2cnc(N)nc2)cc1)c1nc(-c2cnn(CC(=O)N(C)C)c2)co1. The van der Waals surface area contributed by atoms with E-state index in [-0.39, 0.29) is 24.3 Å². The van der Waals surface area contributed by atoms with Crippen LogP contribution >= 0.6 is 0 Å². The van der Waals surface area contributed by atoms with Gasteiger partial charge in [-0.3, -0.25) is 9.48 Å². The van der Waals surface area contributed by atoms with Crippen LogP contribution in [-0.4, -0.2) is 49.6 Å². The number of hydrogen-bond donors (Lipinski definition) is 1. The molecule has 0 fully saturated rings. The van der Waals surface area contributed by atoms with Crippen LogP contribution in [0, 0.1) is 0 Å². The Morgan fingerprint density at radius 2 is 1.81 bits per heavy atom. The van der Waals surface area contributed by atoms with Gasteiger partial charge in [0.2, 0.25) is 17.7 Å². The number of nitrogens with two attached hydrogens (primary N) is 1. The second-order valence-corrected chi connectivity index (χ2v) is 7.46. The first-order valence-electron chi connectivity index (χ1n) is 9.77. The number of amides is 1. The number of hydrogen-bond acceptors (Lipinski definition) is 7. The van der Waals surface area contributed by atoms with Crippen molar-refractivity contribution in [1.29, 1.82) is 0 Å². The molecule has 1 unspecified atom stereocenters. The third-order valence-corrected chi connectivity index (χ3v) is 5.03. The highest BCUT2D eigenvalue weighted by molar-refractivity contribution is 5.75. The molecule has 0 spiro atoms. The van der Waals surface area contributed by atoms with Gasteiger partial charge in [0.05, 0.1) is 12.1 Å². The van der Waals surface area contributed by atoms with Crippen LogP contribution in [0.3, 0.4) is 0 Å². The number of anilines is 1. The molecule has 0 aliphatic carbocycles. The van der Waals surface area contributed by atoms with Crippen molar-refractivity contribution in [2.24, 2.45) is 0 Å². The van der Waals surface area contributed by atoms with E-state index in [1.165, 1.54) is 4.90 Å². The summed E-state index contributed by atoms with van der Waals surface area (Å²) >= 11 is 0. The van der Waals surface area contributed by atoms with Gasteiger partial charge in [-0.2, -0.15) is 5.10 Å². The van der Waals surface area contributed by atoms with Crippen molar-refractivity contribution in [2.45, 2.75) is 19.4 Å². The molecule has 0 aliphatic rings. The van der Waals surface area contributed by atoms with Crippen LogP contribution in [0.1, 0.15) is 24.3 Å². The lowest BCUT2D eigenvalue weighted by Gasteiger charge is -2.09. The van der Waals surface area contributed by atoms with Gasteiger partial charge in [-0.1, -0.05) is 24.3 Å². The molecule has 9 nitrogen and oxygen atoms in total. The normalized spacial score (nSPS) is 12.0. The summed E-state index contributed by atoms with van der Waals surface area (Å²) in [5.41, 5.74) is 10.0. The lowest BCUT2D eigenvalue weighted by molar-refractivity contribution is -0.129. The van der Waals surface area contributed by atoms with Crippen molar-refractivity contribution in [3.05, 3.63) is 66.8 Å². The Hall–Kier alpha value is -4.01.